The molecule has 2 heterocycles. The third-order valence-corrected chi connectivity index (χ3v) is 12.1. The summed E-state index contributed by atoms with van der Waals surface area (Å²) < 4.78 is 40.9. The van der Waals surface area contributed by atoms with E-state index in [-0.39, 0.29) is 12.5 Å². The number of allylic oxidation sites excluding steroid dienone is 4. The molecule has 202 valence electrons. The number of piperidine rings is 1. The van der Waals surface area contributed by atoms with E-state index in [0.717, 1.165) is 60.0 Å². The van der Waals surface area contributed by atoms with Crippen LogP contribution in [-0.4, -0.2) is 58.2 Å². The molecule has 0 radical (unpaired) electrons. The lowest BCUT2D eigenvalue weighted by Crippen LogP contribution is -2.37. The molecule has 4 aliphatic rings. The Balaban J connectivity index is 1.36. The van der Waals surface area contributed by atoms with Crippen LogP contribution in [0.3, 0.4) is 0 Å². The Kier molecular flexibility index (Phi) is 9.74. The highest BCUT2D eigenvalue weighted by Gasteiger charge is 2.28. The maximum absolute atomic E-state index is 15.3. The highest BCUT2D eigenvalue weighted by molar-refractivity contribution is 8.46. The van der Waals surface area contributed by atoms with Gasteiger partial charge in [0.1, 0.15) is 24.1 Å². The van der Waals surface area contributed by atoms with Crippen molar-refractivity contribution in [1.82, 2.24) is 4.90 Å². The molecule has 4 atom stereocenters. The SMILES string of the molecule is CCC1=C(OC(C)C(F)CC(CC)=S(=O)(P)C2=CC2)C=C(OC2CCN(CCC3CC3)CC2)N=CC1. The quantitative estimate of drug-likeness (QED) is 0.203. The van der Waals surface area contributed by atoms with Gasteiger partial charge >= 0.3 is 0 Å². The summed E-state index contributed by atoms with van der Waals surface area (Å²) in [6.07, 6.45) is 13.1. The van der Waals surface area contributed by atoms with Crippen LogP contribution in [0.2, 0.25) is 0 Å². The van der Waals surface area contributed by atoms with E-state index in [1.807, 2.05) is 25.3 Å². The standard InChI is InChI=1S/C28H44FN2O3PS/c1-4-22-10-14-30-28(34-23-12-16-31(17-13-23)15-11-21-6-7-21)19-27(22)33-20(3)26(29)18-24(5-2)36(32,35)25-8-9-25/h8,14,19-21,23,26H,4-7,9-13,15-18,35H2,1-3H3. The largest absolute Gasteiger partial charge is 0.488 e. The third-order valence-electron chi connectivity index (χ3n) is 7.79. The molecule has 1 saturated heterocycles. The van der Waals surface area contributed by atoms with E-state index in [2.05, 4.69) is 25.3 Å². The first-order valence-corrected chi connectivity index (χ1v) is 16.8. The Morgan fingerprint density at radius 1 is 1.25 bits per heavy atom. The van der Waals surface area contributed by atoms with Crippen molar-refractivity contribution in [2.24, 2.45) is 10.9 Å². The topological polar surface area (TPSA) is 51.1 Å². The maximum atomic E-state index is 15.3. The van der Waals surface area contributed by atoms with Crippen molar-refractivity contribution in [3.63, 3.8) is 0 Å². The van der Waals surface area contributed by atoms with Gasteiger partial charge in [-0.1, -0.05) is 32.8 Å². The molecule has 5 nitrogen and oxygen atoms in total. The molecule has 1 saturated carbocycles. The second kappa shape index (κ2) is 12.6. The highest BCUT2D eigenvalue weighted by Crippen LogP contribution is 2.35. The smallest absolute Gasteiger partial charge is 0.216 e. The van der Waals surface area contributed by atoms with Gasteiger partial charge in [0.25, 0.3) is 0 Å². The molecule has 36 heavy (non-hydrogen) atoms. The molecule has 8 heteroatoms. The van der Waals surface area contributed by atoms with Crippen LogP contribution < -0.4 is 0 Å². The van der Waals surface area contributed by atoms with Gasteiger partial charge in [0.05, 0.1) is 0 Å². The predicted octanol–water partition coefficient (Wildman–Crippen LogP) is 6.33. The first-order valence-electron chi connectivity index (χ1n) is 13.8. The van der Waals surface area contributed by atoms with Gasteiger partial charge in [0.15, 0.2) is 0 Å². The number of ether oxygens (including phenoxy) is 2. The average Bonchev–Trinajstić information content (AvgIpc) is 3.76. The van der Waals surface area contributed by atoms with Crippen LogP contribution in [0.4, 0.5) is 4.39 Å². The minimum Gasteiger partial charge on any atom is -0.488 e. The molecule has 0 aromatic carbocycles. The van der Waals surface area contributed by atoms with E-state index in [1.54, 1.807) is 6.92 Å². The van der Waals surface area contributed by atoms with Crippen LogP contribution in [0.5, 0.6) is 0 Å². The first kappa shape index (κ1) is 27.9. The Hall–Kier alpha value is -1.17. The summed E-state index contributed by atoms with van der Waals surface area (Å²) in [7, 11) is 0.164. The molecule has 4 unspecified atom stereocenters. The summed E-state index contributed by atoms with van der Waals surface area (Å²) in [5.74, 6) is 2.19. The van der Waals surface area contributed by atoms with Crippen LogP contribution in [0, 0.1) is 5.92 Å². The van der Waals surface area contributed by atoms with Crippen molar-refractivity contribution in [3.05, 3.63) is 34.3 Å². The Labute approximate surface area is 219 Å². The third kappa shape index (κ3) is 7.68. The summed E-state index contributed by atoms with van der Waals surface area (Å²) in [5, 5.41) is 0. The summed E-state index contributed by atoms with van der Waals surface area (Å²) in [6, 6.07) is 0. The number of alkyl halides is 1. The minimum atomic E-state index is -2.31. The van der Waals surface area contributed by atoms with Gasteiger partial charge in [-0.25, -0.2) is 9.38 Å². The molecular weight excluding hydrogens is 494 g/mol. The molecule has 2 fully saturated rings. The van der Waals surface area contributed by atoms with Gasteiger partial charge in [0, 0.05) is 52.3 Å². The van der Waals surface area contributed by atoms with Crippen molar-refractivity contribution in [1.29, 1.82) is 0 Å². The lowest BCUT2D eigenvalue weighted by molar-refractivity contribution is 0.0443. The van der Waals surface area contributed by atoms with Gasteiger partial charge in [0.2, 0.25) is 5.88 Å². The number of hydrogen-bond acceptors (Lipinski definition) is 5. The van der Waals surface area contributed by atoms with E-state index in [0.29, 0.717) is 24.5 Å². The van der Waals surface area contributed by atoms with Crippen molar-refractivity contribution in [2.45, 2.75) is 103 Å². The predicted molar refractivity (Wildman–Crippen MR) is 152 cm³/mol. The fourth-order valence-corrected chi connectivity index (χ4v) is 8.06. The van der Waals surface area contributed by atoms with Crippen LogP contribution in [0.15, 0.2) is 39.3 Å². The number of halogens is 1. The maximum Gasteiger partial charge on any atom is 0.216 e. The second-order valence-electron chi connectivity index (χ2n) is 10.6. The normalized spacial score (nSPS) is 24.4. The summed E-state index contributed by atoms with van der Waals surface area (Å²) in [5.41, 5.74) is 1.09. The zero-order valence-corrected chi connectivity index (χ0v) is 24.2. The number of aliphatic imine (C=N–C) groups is 1. The van der Waals surface area contributed by atoms with Crippen molar-refractivity contribution >= 4 is 28.7 Å². The second-order valence-corrected chi connectivity index (χ2v) is 14.9. The van der Waals surface area contributed by atoms with Crippen LogP contribution in [0.25, 0.3) is 0 Å². The van der Waals surface area contributed by atoms with Gasteiger partial charge in [-0.05, 0) is 76.8 Å². The first-order chi connectivity index (χ1) is 17.3. The molecule has 0 bridgehead atoms. The molecule has 0 aromatic heterocycles. The van der Waals surface area contributed by atoms with Gasteiger partial charge in [-0.2, -0.15) is 0 Å². The van der Waals surface area contributed by atoms with E-state index in [1.165, 1.54) is 25.8 Å². The van der Waals surface area contributed by atoms with Crippen molar-refractivity contribution in [3.8, 4) is 0 Å². The van der Waals surface area contributed by atoms with E-state index in [4.69, 9.17) is 9.47 Å². The number of likely N-dealkylation sites (tertiary alicyclic amines) is 1. The zero-order chi connectivity index (χ0) is 25.7. The number of nitrogens with zero attached hydrogens (tertiary/aromatic N) is 2. The van der Waals surface area contributed by atoms with Crippen LogP contribution in [-0.2, 0) is 18.6 Å². The molecular formula is C28H44FN2O3PS. The molecule has 0 spiro atoms. The Morgan fingerprint density at radius 3 is 2.58 bits per heavy atom. The monoisotopic (exact) mass is 538 g/mol. The van der Waals surface area contributed by atoms with Crippen molar-refractivity contribution in [2.75, 3.05) is 19.6 Å². The van der Waals surface area contributed by atoms with Crippen molar-refractivity contribution < 1.29 is 18.1 Å². The summed E-state index contributed by atoms with van der Waals surface area (Å²) in [6.45, 7) is 9.14. The lowest BCUT2D eigenvalue weighted by Gasteiger charge is -2.32. The van der Waals surface area contributed by atoms with E-state index >= 15 is 4.39 Å². The van der Waals surface area contributed by atoms with Gasteiger partial charge in [-0.3, -0.25) is 4.21 Å². The fourth-order valence-electron chi connectivity index (χ4n) is 4.91. The van der Waals surface area contributed by atoms with Crippen LogP contribution >= 0.6 is 8.44 Å². The molecule has 2 aliphatic heterocycles. The molecule has 0 amide bonds. The molecule has 2 aliphatic carbocycles. The van der Waals surface area contributed by atoms with Crippen LogP contribution in [0.1, 0.15) is 85.0 Å². The average molecular weight is 539 g/mol. The highest BCUT2D eigenvalue weighted by atomic mass is 32.7. The van der Waals surface area contributed by atoms with Gasteiger partial charge < -0.3 is 14.4 Å². The Morgan fingerprint density at radius 2 is 1.97 bits per heavy atom. The minimum absolute atomic E-state index is 0.148. The molecule has 0 N–H and O–H groups in total. The molecule has 4 rings (SSSR count). The summed E-state index contributed by atoms with van der Waals surface area (Å²) >= 11 is 0. The summed E-state index contributed by atoms with van der Waals surface area (Å²) in [4.78, 5) is 8.81. The van der Waals surface area contributed by atoms with E-state index < -0.39 is 21.4 Å². The zero-order valence-electron chi connectivity index (χ0n) is 22.2. The fraction of sp³-hybridized carbons (Fsp3) is 0.714. The van der Waals surface area contributed by atoms with E-state index in [9.17, 15) is 4.21 Å². The van der Waals surface area contributed by atoms with Gasteiger partial charge in [-0.15, -0.1) is 0 Å². The Bertz CT molecular complexity index is 1030. The number of hydrogen-bond donors (Lipinski definition) is 0. The molecule has 0 aromatic rings. The number of rotatable bonds is 13. The lowest BCUT2D eigenvalue weighted by atomic mass is 10.1.